The summed E-state index contributed by atoms with van der Waals surface area (Å²) in [5.74, 6) is -0.793. The summed E-state index contributed by atoms with van der Waals surface area (Å²) in [6.07, 6.45) is 9.18. The van der Waals surface area contributed by atoms with E-state index in [4.69, 9.17) is 17.2 Å². The van der Waals surface area contributed by atoms with Gasteiger partial charge in [0, 0.05) is 38.9 Å². The maximum absolute atomic E-state index is 10.7. The van der Waals surface area contributed by atoms with Crippen LogP contribution in [0.25, 0.3) is 0 Å². The molecule has 0 rings (SSSR count). The van der Waals surface area contributed by atoms with E-state index in [2.05, 4.69) is 63.7 Å². The van der Waals surface area contributed by atoms with Gasteiger partial charge < -0.3 is 33.2 Å². The monoisotopic (exact) mass is 750 g/mol. The highest BCUT2D eigenvalue weighted by Gasteiger charge is 1.99. The van der Waals surface area contributed by atoms with Crippen molar-refractivity contribution in [1.29, 1.82) is 0 Å². The number of nitrogens with two attached hydrogens (primary N) is 3. The molecule has 0 heterocycles. The van der Waals surface area contributed by atoms with Crippen LogP contribution in [0.5, 0.6) is 0 Å². The van der Waals surface area contributed by atoms with E-state index in [0.717, 1.165) is 57.8 Å². The molecular formula is C24H45Br3N6O6. The molecule has 0 aromatic carbocycles. The van der Waals surface area contributed by atoms with Gasteiger partial charge in [-0.25, -0.2) is 0 Å². The number of alkyl halides is 3. The Kier molecular flexibility index (Phi) is 34.8. The Labute approximate surface area is 256 Å². The van der Waals surface area contributed by atoms with Gasteiger partial charge in [-0.15, -0.1) is 0 Å². The minimum absolute atomic E-state index is 0.00472. The zero-order chi connectivity index (χ0) is 30.3. The summed E-state index contributed by atoms with van der Waals surface area (Å²) in [5.41, 5.74) is 14.9. The van der Waals surface area contributed by atoms with Gasteiger partial charge in [0.1, 0.15) is 0 Å². The van der Waals surface area contributed by atoms with E-state index in [1.807, 2.05) is 0 Å². The quantitative estimate of drug-likeness (QED) is 0.0756. The van der Waals surface area contributed by atoms with Crippen molar-refractivity contribution in [3.8, 4) is 0 Å². The number of hydrogen-bond donors (Lipinski definition) is 6. The standard InChI is InChI=1S/3C8H15BrN2O2/c3*9-6-8(13)11-5-3-1-2-4-7(10)12/h3*1-6H2,(H2,10,12)(H,11,13). The number of unbranched alkanes of at least 4 members (excludes halogenated alkanes) is 6. The summed E-state index contributed by atoms with van der Waals surface area (Å²) < 4.78 is 0. The topological polar surface area (TPSA) is 217 Å². The normalized spacial score (nSPS) is 9.62. The fraction of sp³-hybridized carbons (Fsp3) is 0.750. The van der Waals surface area contributed by atoms with E-state index in [9.17, 15) is 28.8 Å². The third-order valence-electron chi connectivity index (χ3n) is 4.63. The molecule has 0 radical (unpaired) electrons. The Balaban J connectivity index is -0.000000498. The first-order valence-electron chi connectivity index (χ1n) is 12.8. The lowest BCUT2D eigenvalue weighted by Crippen LogP contribution is -2.25. The summed E-state index contributed by atoms with van der Waals surface area (Å²) in [6.45, 7) is 2.01. The average molecular weight is 753 g/mol. The Morgan fingerprint density at radius 2 is 0.641 bits per heavy atom. The van der Waals surface area contributed by atoms with Crippen molar-refractivity contribution >= 4 is 83.2 Å². The molecule has 0 unspecified atom stereocenters. The highest BCUT2D eigenvalue weighted by molar-refractivity contribution is 9.09. The third kappa shape index (κ3) is 43.6. The second-order valence-corrected chi connectivity index (χ2v) is 9.96. The maximum atomic E-state index is 10.7. The van der Waals surface area contributed by atoms with Crippen LogP contribution in [0.2, 0.25) is 0 Å². The van der Waals surface area contributed by atoms with Crippen LogP contribution in [0.1, 0.15) is 77.0 Å². The molecule has 0 aromatic rings. The number of rotatable bonds is 21. The maximum Gasteiger partial charge on any atom is 0.230 e. The number of halogens is 3. The van der Waals surface area contributed by atoms with Crippen LogP contribution in [-0.2, 0) is 28.8 Å². The molecule has 0 atom stereocenters. The van der Waals surface area contributed by atoms with E-state index < -0.39 is 0 Å². The first kappa shape index (κ1) is 41.7. The molecule has 0 bridgehead atoms. The van der Waals surface area contributed by atoms with Crippen molar-refractivity contribution < 1.29 is 28.8 Å². The molecule has 0 aliphatic carbocycles. The van der Waals surface area contributed by atoms with Crippen LogP contribution in [0, 0.1) is 0 Å². The van der Waals surface area contributed by atoms with E-state index in [1.165, 1.54) is 0 Å². The van der Waals surface area contributed by atoms with Crippen LogP contribution in [0.4, 0.5) is 0 Å². The first-order chi connectivity index (χ1) is 18.5. The van der Waals surface area contributed by atoms with Crippen molar-refractivity contribution in [2.45, 2.75) is 77.0 Å². The second kappa shape index (κ2) is 32.5. The molecule has 0 aliphatic rings. The number of primary amides is 3. The molecule has 39 heavy (non-hydrogen) atoms. The molecule has 0 saturated heterocycles. The lowest BCUT2D eigenvalue weighted by molar-refractivity contribution is -0.119. The van der Waals surface area contributed by atoms with Gasteiger partial charge in [-0.2, -0.15) is 0 Å². The van der Waals surface area contributed by atoms with Crippen LogP contribution >= 0.6 is 47.8 Å². The van der Waals surface area contributed by atoms with Crippen LogP contribution in [0.15, 0.2) is 0 Å². The fourth-order valence-electron chi connectivity index (χ4n) is 2.63. The summed E-state index contributed by atoms with van der Waals surface area (Å²) >= 11 is 9.13. The molecule has 9 N–H and O–H groups in total. The molecule has 0 aromatic heterocycles. The van der Waals surface area contributed by atoms with Gasteiger partial charge in [-0.1, -0.05) is 67.1 Å². The molecule has 12 nitrogen and oxygen atoms in total. The zero-order valence-corrected chi connectivity index (χ0v) is 27.3. The Bertz CT molecular complexity index is 611. The summed E-state index contributed by atoms with van der Waals surface area (Å²) in [7, 11) is 0. The van der Waals surface area contributed by atoms with Crippen molar-refractivity contribution in [2.75, 3.05) is 35.6 Å². The largest absolute Gasteiger partial charge is 0.370 e. The molecule has 15 heteroatoms. The summed E-state index contributed by atoms with van der Waals surface area (Å²) in [4.78, 5) is 63.2. The predicted octanol–water partition coefficient (Wildman–Crippen LogP) is 1.63. The van der Waals surface area contributed by atoms with E-state index >= 15 is 0 Å². The number of carbonyl (C=O) groups is 6. The molecule has 0 spiro atoms. The second-order valence-electron chi connectivity index (χ2n) is 8.28. The zero-order valence-electron chi connectivity index (χ0n) is 22.5. The highest BCUT2D eigenvalue weighted by Crippen LogP contribution is 1.99. The number of nitrogens with one attached hydrogen (secondary N) is 3. The van der Waals surface area contributed by atoms with Gasteiger partial charge in [0.2, 0.25) is 35.4 Å². The predicted molar refractivity (Wildman–Crippen MR) is 163 cm³/mol. The lowest BCUT2D eigenvalue weighted by atomic mass is 10.2. The van der Waals surface area contributed by atoms with Gasteiger partial charge in [0.25, 0.3) is 0 Å². The Hall–Kier alpha value is -1.74. The summed E-state index contributed by atoms with van der Waals surface area (Å²) in [6, 6.07) is 0. The third-order valence-corrected chi connectivity index (χ3v) is 6.16. The molecular weight excluding hydrogens is 708 g/mol. The van der Waals surface area contributed by atoms with Crippen molar-refractivity contribution in [1.82, 2.24) is 16.0 Å². The Morgan fingerprint density at radius 1 is 0.410 bits per heavy atom. The van der Waals surface area contributed by atoms with Crippen molar-refractivity contribution in [3.05, 3.63) is 0 Å². The SMILES string of the molecule is NC(=O)CCCCCNC(=O)CBr.NC(=O)CCCCCNC(=O)CBr.NC(=O)CCCCCNC(=O)CBr. The molecule has 6 amide bonds. The minimum atomic E-state index is -0.260. The van der Waals surface area contributed by atoms with Crippen LogP contribution in [-0.4, -0.2) is 71.1 Å². The highest BCUT2D eigenvalue weighted by atomic mass is 79.9. The first-order valence-corrected chi connectivity index (χ1v) is 16.2. The van der Waals surface area contributed by atoms with E-state index in [1.54, 1.807) is 0 Å². The van der Waals surface area contributed by atoms with E-state index in [0.29, 0.717) is 54.9 Å². The van der Waals surface area contributed by atoms with Gasteiger partial charge in [-0.05, 0) is 38.5 Å². The minimum Gasteiger partial charge on any atom is -0.370 e. The number of hydrogen-bond acceptors (Lipinski definition) is 6. The number of amides is 6. The van der Waals surface area contributed by atoms with Gasteiger partial charge in [0.05, 0.1) is 16.0 Å². The summed E-state index contributed by atoms with van der Waals surface area (Å²) in [5, 5.41) is 9.18. The van der Waals surface area contributed by atoms with Gasteiger partial charge in [0.15, 0.2) is 0 Å². The fourth-order valence-corrected chi connectivity index (χ4v) is 3.22. The average Bonchev–Trinajstić information content (AvgIpc) is 2.89. The van der Waals surface area contributed by atoms with Gasteiger partial charge in [-0.3, -0.25) is 28.8 Å². The van der Waals surface area contributed by atoms with Gasteiger partial charge >= 0.3 is 0 Å². The smallest absolute Gasteiger partial charge is 0.230 e. The van der Waals surface area contributed by atoms with Crippen molar-refractivity contribution in [3.63, 3.8) is 0 Å². The molecule has 228 valence electrons. The Morgan fingerprint density at radius 3 is 0.821 bits per heavy atom. The van der Waals surface area contributed by atoms with Crippen LogP contribution < -0.4 is 33.2 Å². The molecule has 0 saturated carbocycles. The molecule has 0 fully saturated rings. The number of carbonyl (C=O) groups excluding carboxylic acids is 6. The van der Waals surface area contributed by atoms with Crippen molar-refractivity contribution in [2.24, 2.45) is 17.2 Å². The van der Waals surface area contributed by atoms with E-state index in [-0.39, 0.29) is 35.4 Å². The molecule has 0 aliphatic heterocycles. The lowest BCUT2D eigenvalue weighted by Gasteiger charge is -2.01. The van der Waals surface area contributed by atoms with Crippen LogP contribution in [0.3, 0.4) is 0 Å².